The van der Waals surface area contributed by atoms with Gasteiger partial charge in [0.15, 0.2) is 5.78 Å². The first-order chi connectivity index (χ1) is 15.9. The molecule has 0 aliphatic carbocycles. The summed E-state index contributed by atoms with van der Waals surface area (Å²) in [5.41, 5.74) is 2.82. The second-order valence-electron chi connectivity index (χ2n) is 7.11. The second-order valence-corrected chi connectivity index (χ2v) is 7.99. The van der Waals surface area contributed by atoms with Crippen molar-refractivity contribution in [3.63, 3.8) is 0 Å². The number of esters is 1. The van der Waals surface area contributed by atoms with Crippen LogP contribution in [0.4, 0.5) is 5.00 Å². The third-order valence-electron chi connectivity index (χ3n) is 4.96. The van der Waals surface area contributed by atoms with Crippen LogP contribution in [0.25, 0.3) is 11.1 Å². The van der Waals surface area contributed by atoms with E-state index < -0.39 is 5.97 Å². The molecule has 8 heteroatoms. The van der Waals surface area contributed by atoms with E-state index in [2.05, 4.69) is 5.32 Å². The Hall–Kier alpha value is -3.65. The smallest absolute Gasteiger partial charge is 0.341 e. The molecule has 2 aromatic carbocycles. The molecule has 33 heavy (non-hydrogen) atoms. The highest BCUT2D eigenvalue weighted by atomic mass is 32.1. The van der Waals surface area contributed by atoms with Crippen molar-refractivity contribution >= 4 is 34.0 Å². The van der Waals surface area contributed by atoms with Crippen LogP contribution >= 0.6 is 11.3 Å². The molecule has 1 amide bonds. The first-order valence-electron chi connectivity index (χ1n) is 10.3. The van der Waals surface area contributed by atoms with Crippen molar-refractivity contribution in [2.75, 3.05) is 26.1 Å². The maximum absolute atomic E-state index is 12.9. The molecule has 0 aliphatic rings. The molecule has 0 unspecified atom stereocenters. The zero-order chi connectivity index (χ0) is 24.0. The van der Waals surface area contributed by atoms with Gasteiger partial charge in [0.1, 0.15) is 22.1 Å². The molecule has 0 radical (unpaired) electrons. The Morgan fingerprint density at radius 3 is 2.33 bits per heavy atom. The van der Waals surface area contributed by atoms with Crippen LogP contribution in [0.3, 0.4) is 0 Å². The molecular formula is C25H25NO6S. The fourth-order valence-corrected chi connectivity index (χ4v) is 4.29. The highest BCUT2D eigenvalue weighted by molar-refractivity contribution is 7.15. The Morgan fingerprint density at radius 1 is 1.00 bits per heavy atom. The number of anilines is 1. The molecule has 0 saturated heterocycles. The fraction of sp³-hybridized carbons (Fsp3) is 0.240. The molecule has 0 atom stereocenters. The van der Waals surface area contributed by atoms with E-state index in [1.807, 2.05) is 12.1 Å². The van der Waals surface area contributed by atoms with Gasteiger partial charge in [0.2, 0.25) is 5.91 Å². The number of methoxy groups -OCH3 is 2. The molecule has 0 fully saturated rings. The lowest BCUT2D eigenvalue weighted by atomic mass is 10.0. The molecule has 1 aromatic heterocycles. The molecule has 3 rings (SSSR count). The Kier molecular flexibility index (Phi) is 7.84. The van der Waals surface area contributed by atoms with Crippen molar-refractivity contribution in [2.45, 2.75) is 20.3 Å². The maximum Gasteiger partial charge on any atom is 0.341 e. The quantitative estimate of drug-likeness (QED) is 0.352. The van der Waals surface area contributed by atoms with Gasteiger partial charge in [-0.25, -0.2) is 4.79 Å². The van der Waals surface area contributed by atoms with Crippen LogP contribution in [0.5, 0.6) is 11.5 Å². The van der Waals surface area contributed by atoms with Crippen LogP contribution in [-0.4, -0.2) is 38.5 Å². The van der Waals surface area contributed by atoms with Gasteiger partial charge in [0.25, 0.3) is 0 Å². The van der Waals surface area contributed by atoms with E-state index in [9.17, 15) is 14.4 Å². The summed E-state index contributed by atoms with van der Waals surface area (Å²) in [6.45, 7) is 3.40. The first-order valence-corrected chi connectivity index (χ1v) is 11.2. The van der Waals surface area contributed by atoms with Crippen LogP contribution in [0.15, 0.2) is 47.8 Å². The zero-order valence-electron chi connectivity index (χ0n) is 18.9. The van der Waals surface area contributed by atoms with Gasteiger partial charge in [-0.1, -0.05) is 12.1 Å². The van der Waals surface area contributed by atoms with E-state index in [1.165, 1.54) is 25.4 Å². The number of Topliss-reactive ketones (excluding diaryl/α,β-unsaturated/α-hetero) is 1. The molecule has 0 bridgehead atoms. The third kappa shape index (κ3) is 5.59. The van der Waals surface area contributed by atoms with Crippen LogP contribution < -0.4 is 14.8 Å². The number of rotatable bonds is 9. The van der Waals surface area contributed by atoms with E-state index >= 15 is 0 Å². The summed E-state index contributed by atoms with van der Waals surface area (Å²) in [6, 6.07) is 12.2. The predicted molar refractivity (Wildman–Crippen MR) is 128 cm³/mol. The molecule has 7 nitrogen and oxygen atoms in total. The molecule has 0 saturated carbocycles. The number of amides is 1. The second kappa shape index (κ2) is 10.8. The Labute approximate surface area is 196 Å². The van der Waals surface area contributed by atoms with Crippen LogP contribution in [0.2, 0.25) is 0 Å². The number of ether oxygens (including phenoxy) is 3. The summed E-state index contributed by atoms with van der Waals surface area (Å²) in [6.07, 6.45) is -0.0255. The number of hydrogen-bond donors (Lipinski definition) is 1. The summed E-state index contributed by atoms with van der Waals surface area (Å²) >= 11 is 1.24. The summed E-state index contributed by atoms with van der Waals surface area (Å²) in [7, 11) is 3.09. The SMILES string of the molecule is CCOC(=O)c1c(-c2ccc(OC)cc2)csc1NC(=O)Cc1cc(C(C)=O)ccc1OC. The van der Waals surface area contributed by atoms with E-state index in [0.717, 1.165) is 5.56 Å². The standard InChI is InChI=1S/C25H25NO6S/c1-5-32-25(29)23-20(16-6-9-19(30-3)10-7-16)14-33-24(23)26-22(28)13-18-12-17(15(2)27)8-11-21(18)31-4/h6-12,14H,5,13H2,1-4H3,(H,26,28). The maximum atomic E-state index is 12.9. The van der Waals surface area contributed by atoms with Crippen molar-refractivity contribution in [1.82, 2.24) is 0 Å². The van der Waals surface area contributed by atoms with Gasteiger partial charge in [0, 0.05) is 22.1 Å². The lowest BCUT2D eigenvalue weighted by Crippen LogP contribution is -2.17. The third-order valence-corrected chi connectivity index (χ3v) is 5.86. The summed E-state index contributed by atoms with van der Waals surface area (Å²) in [4.78, 5) is 37.4. The van der Waals surface area contributed by atoms with Crippen LogP contribution in [0.1, 0.15) is 40.1 Å². The molecule has 3 aromatic rings. The molecule has 172 valence electrons. The zero-order valence-corrected chi connectivity index (χ0v) is 19.7. The number of carbonyl (C=O) groups excluding carboxylic acids is 3. The Morgan fingerprint density at radius 2 is 1.73 bits per heavy atom. The number of ketones is 1. The topological polar surface area (TPSA) is 90.9 Å². The average molecular weight is 468 g/mol. The molecule has 1 heterocycles. The van der Waals surface area contributed by atoms with Crippen molar-refractivity contribution < 1.29 is 28.6 Å². The highest BCUT2D eigenvalue weighted by Gasteiger charge is 2.23. The van der Waals surface area contributed by atoms with Gasteiger partial charge in [0.05, 0.1) is 27.2 Å². The number of benzene rings is 2. The molecule has 1 N–H and O–H groups in total. The predicted octanol–water partition coefficient (Wildman–Crippen LogP) is 4.99. The van der Waals surface area contributed by atoms with E-state index in [1.54, 1.807) is 49.7 Å². The van der Waals surface area contributed by atoms with Gasteiger partial charge in [-0.05, 0) is 49.7 Å². The Balaban J connectivity index is 1.91. The largest absolute Gasteiger partial charge is 0.497 e. The fourth-order valence-electron chi connectivity index (χ4n) is 3.32. The van der Waals surface area contributed by atoms with Gasteiger partial charge >= 0.3 is 5.97 Å². The van der Waals surface area contributed by atoms with Crippen molar-refractivity contribution in [3.05, 3.63) is 64.5 Å². The van der Waals surface area contributed by atoms with Gasteiger partial charge in [-0.2, -0.15) is 0 Å². The number of nitrogens with one attached hydrogen (secondary N) is 1. The lowest BCUT2D eigenvalue weighted by Gasteiger charge is -2.11. The summed E-state index contributed by atoms with van der Waals surface area (Å²) in [5.74, 6) is 0.234. The van der Waals surface area contributed by atoms with Crippen molar-refractivity contribution in [1.29, 1.82) is 0 Å². The minimum Gasteiger partial charge on any atom is -0.497 e. The van der Waals surface area contributed by atoms with Crippen LogP contribution in [-0.2, 0) is 16.0 Å². The van der Waals surface area contributed by atoms with Gasteiger partial charge in [-0.15, -0.1) is 11.3 Å². The highest BCUT2D eigenvalue weighted by Crippen LogP contribution is 2.37. The minimum absolute atomic E-state index is 0.0255. The monoisotopic (exact) mass is 467 g/mol. The van der Waals surface area contributed by atoms with Crippen LogP contribution in [0, 0.1) is 0 Å². The summed E-state index contributed by atoms with van der Waals surface area (Å²) in [5, 5.41) is 5.03. The van der Waals surface area contributed by atoms with Gasteiger partial charge in [-0.3, -0.25) is 9.59 Å². The number of hydrogen-bond acceptors (Lipinski definition) is 7. The normalized spacial score (nSPS) is 10.4. The molecule has 0 aliphatic heterocycles. The van der Waals surface area contributed by atoms with Crippen molar-refractivity contribution in [3.8, 4) is 22.6 Å². The van der Waals surface area contributed by atoms with E-state index in [-0.39, 0.29) is 24.7 Å². The minimum atomic E-state index is -0.518. The summed E-state index contributed by atoms with van der Waals surface area (Å²) < 4.78 is 15.8. The lowest BCUT2D eigenvalue weighted by molar-refractivity contribution is -0.115. The first kappa shape index (κ1) is 24.0. The molecular weight excluding hydrogens is 442 g/mol. The Bertz CT molecular complexity index is 1170. The van der Waals surface area contributed by atoms with Gasteiger partial charge < -0.3 is 19.5 Å². The molecule has 0 spiro atoms. The number of thiophene rings is 1. The van der Waals surface area contributed by atoms with Crippen molar-refractivity contribution in [2.24, 2.45) is 0 Å². The van der Waals surface area contributed by atoms with E-state index in [0.29, 0.717) is 38.8 Å². The average Bonchev–Trinajstić information content (AvgIpc) is 3.22. The van der Waals surface area contributed by atoms with E-state index in [4.69, 9.17) is 14.2 Å². The number of carbonyl (C=O) groups is 3.